The lowest BCUT2D eigenvalue weighted by atomic mass is 9.79. The number of benzene rings is 5. The monoisotopic (exact) mass is 509 g/mol. The van der Waals surface area contributed by atoms with Gasteiger partial charge in [-0.1, -0.05) is 133 Å². The third-order valence-electron chi connectivity index (χ3n) is 7.30. The maximum atomic E-state index is 3.72. The minimum atomic E-state index is 0.0809. The minimum absolute atomic E-state index is 0.0809. The van der Waals surface area contributed by atoms with Crippen LogP contribution in [0.25, 0.3) is 33.4 Å². The highest BCUT2D eigenvalue weighted by atomic mass is 14.9. The van der Waals surface area contributed by atoms with Crippen LogP contribution in [0.4, 0.5) is 11.4 Å². The van der Waals surface area contributed by atoms with Gasteiger partial charge >= 0.3 is 0 Å². The Morgan fingerprint density at radius 2 is 0.795 bits per heavy atom. The van der Waals surface area contributed by atoms with E-state index in [0.29, 0.717) is 0 Å². The molecule has 0 radical (unpaired) electrons. The van der Waals surface area contributed by atoms with Gasteiger partial charge in [-0.3, -0.25) is 0 Å². The first kappa shape index (κ1) is 26.5. The zero-order valence-electron chi connectivity index (χ0n) is 24.0. The van der Waals surface area contributed by atoms with Crippen LogP contribution in [0.3, 0.4) is 0 Å². The normalized spacial score (nSPS) is 11.8. The van der Waals surface area contributed by atoms with E-state index in [1.807, 2.05) is 0 Å². The highest BCUT2D eigenvalue weighted by molar-refractivity contribution is 5.80. The van der Waals surface area contributed by atoms with Gasteiger partial charge < -0.3 is 5.32 Å². The quantitative estimate of drug-likeness (QED) is 0.248. The zero-order valence-corrected chi connectivity index (χ0v) is 24.0. The number of hydrogen-bond donors (Lipinski definition) is 1. The van der Waals surface area contributed by atoms with Crippen LogP contribution in [0.5, 0.6) is 0 Å². The molecule has 196 valence electrons. The largest absolute Gasteiger partial charge is 0.355 e. The third kappa shape index (κ3) is 6.32. The van der Waals surface area contributed by atoms with Gasteiger partial charge in [0.15, 0.2) is 0 Å². The van der Waals surface area contributed by atoms with E-state index >= 15 is 0 Å². The summed E-state index contributed by atoms with van der Waals surface area (Å²) in [5.74, 6) is 0. The van der Waals surface area contributed by atoms with Crippen LogP contribution in [0.1, 0.15) is 52.7 Å². The summed E-state index contributed by atoms with van der Waals surface area (Å²) in [6.07, 6.45) is 0. The number of nitrogens with one attached hydrogen (secondary N) is 1. The average molecular weight is 510 g/mol. The Bertz CT molecular complexity index is 1480. The second kappa shape index (κ2) is 10.6. The summed E-state index contributed by atoms with van der Waals surface area (Å²) in [7, 11) is 0. The molecule has 0 fully saturated rings. The van der Waals surface area contributed by atoms with Gasteiger partial charge in [-0.25, -0.2) is 0 Å². The van der Waals surface area contributed by atoms with Crippen molar-refractivity contribution in [1.29, 1.82) is 0 Å². The summed E-state index contributed by atoms with van der Waals surface area (Å²) < 4.78 is 0. The van der Waals surface area contributed by atoms with Crippen LogP contribution in [0.2, 0.25) is 0 Å². The molecule has 0 spiro atoms. The van der Waals surface area contributed by atoms with Crippen molar-refractivity contribution in [2.24, 2.45) is 0 Å². The molecule has 1 heteroatoms. The van der Waals surface area contributed by atoms with E-state index in [0.717, 1.165) is 11.4 Å². The number of anilines is 2. The fraction of sp³-hybridized carbons (Fsp3) is 0.211. The molecule has 39 heavy (non-hydrogen) atoms. The van der Waals surface area contributed by atoms with E-state index in [9.17, 15) is 0 Å². The van der Waals surface area contributed by atoms with Gasteiger partial charge in [0, 0.05) is 11.4 Å². The molecule has 0 aromatic heterocycles. The second-order valence-corrected chi connectivity index (χ2v) is 12.5. The minimum Gasteiger partial charge on any atom is -0.355 e. The highest BCUT2D eigenvalue weighted by Crippen LogP contribution is 2.36. The average Bonchev–Trinajstić information content (AvgIpc) is 2.93. The molecule has 0 saturated heterocycles. The van der Waals surface area contributed by atoms with Gasteiger partial charge in [0.05, 0.1) is 0 Å². The molecule has 1 N–H and O–H groups in total. The number of hydrogen-bond acceptors (Lipinski definition) is 1. The van der Waals surface area contributed by atoms with Crippen molar-refractivity contribution in [2.75, 3.05) is 5.32 Å². The summed E-state index contributed by atoms with van der Waals surface area (Å²) >= 11 is 0. The Morgan fingerprint density at radius 1 is 0.359 bits per heavy atom. The van der Waals surface area contributed by atoms with Crippen molar-refractivity contribution in [3.63, 3.8) is 0 Å². The third-order valence-corrected chi connectivity index (χ3v) is 7.30. The fourth-order valence-corrected chi connectivity index (χ4v) is 4.90. The Hall–Kier alpha value is -4.10. The summed E-state index contributed by atoms with van der Waals surface area (Å²) in [5, 5.41) is 3.72. The molecular weight excluding hydrogens is 470 g/mol. The fourth-order valence-electron chi connectivity index (χ4n) is 4.90. The van der Waals surface area contributed by atoms with Gasteiger partial charge in [-0.05, 0) is 85.7 Å². The SMILES string of the molecule is CC(C)(C)c1cc(-c2cccc(Nc3cc(-c4ccccc4)cc(-c4ccccc4)c3)c2)cc(C(C)(C)C)c1. The lowest BCUT2D eigenvalue weighted by molar-refractivity contribution is 0.569. The van der Waals surface area contributed by atoms with E-state index in [1.165, 1.54) is 44.5 Å². The molecule has 0 aliphatic carbocycles. The molecule has 5 aromatic rings. The first-order chi connectivity index (χ1) is 18.6. The molecule has 0 unspecified atom stereocenters. The topological polar surface area (TPSA) is 12.0 Å². The van der Waals surface area contributed by atoms with Gasteiger partial charge in [-0.15, -0.1) is 0 Å². The standard InChI is InChI=1S/C38H39N/c1-37(2,3)33-21-32(22-34(26-33)38(4,5)6)29-18-13-19-35(23-29)39-36-24-30(27-14-9-7-10-15-27)20-31(25-36)28-16-11-8-12-17-28/h7-26,39H,1-6H3. The molecule has 5 aromatic carbocycles. The maximum Gasteiger partial charge on any atom is 0.0396 e. The van der Waals surface area contributed by atoms with Crippen molar-refractivity contribution in [3.8, 4) is 33.4 Å². The Morgan fingerprint density at radius 3 is 1.28 bits per heavy atom. The lowest BCUT2D eigenvalue weighted by Gasteiger charge is -2.26. The summed E-state index contributed by atoms with van der Waals surface area (Å²) in [4.78, 5) is 0. The van der Waals surface area contributed by atoms with Crippen LogP contribution in [0, 0.1) is 0 Å². The van der Waals surface area contributed by atoms with Gasteiger partial charge in [0.2, 0.25) is 0 Å². The molecule has 0 heterocycles. The van der Waals surface area contributed by atoms with Crippen LogP contribution < -0.4 is 5.32 Å². The first-order valence-corrected chi connectivity index (χ1v) is 13.9. The molecule has 1 nitrogen and oxygen atoms in total. The van der Waals surface area contributed by atoms with Crippen molar-refractivity contribution in [1.82, 2.24) is 0 Å². The molecule has 5 rings (SSSR count). The Labute approximate surface area is 234 Å². The van der Waals surface area contributed by atoms with E-state index < -0.39 is 0 Å². The van der Waals surface area contributed by atoms with Crippen molar-refractivity contribution < 1.29 is 0 Å². The van der Waals surface area contributed by atoms with Crippen molar-refractivity contribution in [3.05, 3.63) is 132 Å². The molecule has 0 amide bonds. The van der Waals surface area contributed by atoms with Crippen LogP contribution >= 0.6 is 0 Å². The summed E-state index contributed by atoms with van der Waals surface area (Å²) in [5.41, 5.74) is 12.3. The Balaban J connectivity index is 1.55. The maximum absolute atomic E-state index is 3.72. The van der Waals surface area contributed by atoms with E-state index in [1.54, 1.807) is 0 Å². The Kier molecular flexibility index (Phi) is 7.19. The second-order valence-electron chi connectivity index (χ2n) is 12.5. The predicted molar refractivity (Wildman–Crippen MR) is 170 cm³/mol. The zero-order chi connectivity index (χ0) is 27.6. The predicted octanol–water partition coefficient (Wildman–Crippen LogP) is 11.0. The van der Waals surface area contributed by atoms with Crippen LogP contribution in [-0.2, 0) is 10.8 Å². The summed E-state index contributed by atoms with van der Waals surface area (Å²) in [6.45, 7) is 13.8. The smallest absolute Gasteiger partial charge is 0.0396 e. The molecule has 0 aliphatic rings. The highest BCUT2D eigenvalue weighted by Gasteiger charge is 2.21. The molecule has 0 saturated carbocycles. The number of rotatable bonds is 5. The van der Waals surface area contributed by atoms with Crippen molar-refractivity contribution in [2.45, 2.75) is 52.4 Å². The van der Waals surface area contributed by atoms with E-state index in [-0.39, 0.29) is 10.8 Å². The molecule has 0 bridgehead atoms. The van der Waals surface area contributed by atoms with Crippen LogP contribution in [0.15, 0.2) is 121 Å². The van der Waals surface area contributed by atoms with Gasteiger partial charge in [-0.2, -0.15) is 0 Å². The van der Waals surface area contributed by atoms with Gasteiger partial charge in [0.25, 0.3) is 0 Å². The van der Waals surface area contributed by atoms with Crippen LogP contribution in [-0.4, -0.2) is 0 Å². The first-order valence-electron chi connectivity index (χ1n) is 13.9. The van der Waals surface area contributed by atoms with Crippen molar-refractivity contribution >= 4 is 11.4 Å². The lowest BCUT2D eigenvalue weighted by Crippen LogP contribution is -2.16. The summed E-state index contributed by atoms with van der Waals surface area (Å²) in [6, 6.07) is 43.8. The molecular formula is C38H39N. The molecule has 0 atom stereocenters. The van der Waals surface area contributed by atoms with E-state index in [4.69, 9.17) is 0 Å². The van der Waals surface area contributed by atoms with Gasteiger partial charge in [0.1, 0.15) is 0 Å². The molecule has 0 aliphatic heterocycles. The van der Waals surface area contributed by atoms with E-state index in [2.05, 4.69) is 168 Å².